The molecule has 1 N–H and O–H groups in total. The number of benzene rings is 2. The minimum atomic E-state index is -0.666. The van der Waals surface area contributed by atoms with E-state index in [-0.39, 0.29) is 33.5 Å². The number of carbonyl (C=O) groups is 1. The molecular weight excluding hydrogens is 384 g/mol. The smallest absolute Gasteiger partial charge is 0.271 e. The topological polar surface area (TPSA) is 75.5 Å². The normalized spacial score (nSPS) is 12.1. The van der Waals surface area contributed by atoms with Gasteiger partial charge in [-0.05, 0) is 32.2 Å². The summed E-state index contributed by atoms with van der Waals surface area (Å²) in [7, 11) is 1.64. The van der Waals surface area contributed by atoms with Crippen molar-refractivity contribution in [1.29, 1.82) is 0 Å². The van der Waals surface area contributed by atoms with Crippen molar-refractivity contribution in [3.05, 3.63) is 67.9 Å². The van der Waals surface area contributed by atoms with Gasteiger partial charge >= 0.3 is 0 Å². The number of non-ortho nitro benzene ring substituents is 1. The molecule has 2 aromatic carbocycles. The molecule has 0 heterocycles. The van der Waals surface area contributed by atoms with Crippen molar-refractivity contribution >= 4 is 40.5 Å². The molecule has 1 unspecified atom stereocenters. The average Bonchev–Trinajstić information content (AvgIpc) is 2.59. The molecule has 0 aromatic heterocycles. The summed E-state index contributed by atoms with van der Waals surface area (Å²) in [5.74, 6) is -0.902. The number of nitro groups is 1. The van der Waals surface area contributed by atoms with E-state index in [1.807, 2.05) is 0 Å². The lowest BCUT2D eigenvalue weighted by atomic mass is 10.1. The van der Waals surface area contributed by atoms with Gasteiger partial charge in [0.05, 0.1) is 21.7 Å². The van der Waals surface area contributed by atoms with Gasteiger partial charge in [0.25, 0.3) is 5.69 Å². The molecule has 26 heavy (non-hydrogen) atoms. The predicted octanol–water partition coefficient (Wildman–Crippen LogP) is 4.50. The fourth-order valence-electron chi connectivity index (χ4n) is 2.23. The quantitative estimate of drug-likeness (QED) is 0.572. The molecule has 1 atom stereocenters. The van der Waals surface area contributed by atoms with Crippen LogP contribution in [-0.4, -0.2) is 28.8 Å². The van der Waals surface area contributed by atoms with Gasteiger partial charge in [0, 0.05) is 29.3 Å². The Balaban J connectivity index is 2.12. The van der Waals surface area contributed by atoms with Crippen LogP contribution in [0.3, 0.4) is 0 Å². The Morgan fingerprint density at radius 1 is 1.31 bits per heavy atom. The first-order valence-corrected chi connectivity index (χ1v) is 8.34. The number of likely N-dealkylation sites (N-methyl/N-ethyl adjacent to an activating group) is 1. The second-order valence-corrected chi connectivity index (χ2v) is 6.52. The number of nitrogens with one attached hydrogen (secondary N) is 1. The van der Waals surface area contributed by atoms with Crippen molar-refractivity contribution in [1.82, 2.24) is 4.90 Å². The number of hydrogen-bond donors (Lipinski definition) is 1. The lowest BCUT2D eigenvalue weighted by Crippen LogP contribution is -2.39. The molecule has 0 radical (unpaired) electrons. The summed E-state index contributed by atoms with van der Waals surface area (Å²) in [5, 5.41) is 13.9. The van der Waals surface area contributed by atoms with Crippen molar-refractivity contribution in [3.8, 4) is 0 Å². The van der Waals surface area contributed by atoms with Gasteiger partial charge in [0.15, 0.2) is 0 Å². The van der Waals surface area contributed by atoms with Crippen LogP contribution in [0.25, 0.3) is 0 Å². The van der Waals surface area contributed by atoms with Crippen molar-refractivity contribution < 1.29 is 14.1 Å². The highest BCUT2D eigenvalue weighted by Crippen LogP contribution is 2.27. The average molecular weight is 400 g/mol. The van der Waals surface area contributed by atoms with Crippen molar-refractivity contribution in [2.45, 2.75) is 19.5 Å². The molecule has 2 aromatic rings. The number of anilines is 1. The van der Waals surface area contributed by atoms with Crippen LogP contribution in [0.15, 0.2) is 36.4 Å². The monoisotopic (exact) mass is 399 g/mol. The summed E-state index contributed by atoms with van der Waals surface area (Å²) >= 11 is 12.0. The third-order valence-corrected chi connectivity index (χ3v) is 4.61. The molecule has 0 saturated heterocycles. The first-order valence-electron chi connectivity index (χ1n) is 7.58. The maximum atomic E-state index is 13.9. The second kappa shape index (κ2) is 8.44. The van der Waals surface area contributed by atoms with Crippen LogP contribution < -0.4 is 5.32 Å². The summed E-state index contributed by atoms with van der Waals surface area (Å²) in [4.78, 5) is 24.3. The van der Waals surface area contributed by atoms with Crippen LogP contribution >= 0.6 is 23.2 Å². The van der Waals surface area contributed by atoms with E-state index in [0.717, 1.165) is 0 Å². The fourth-order valence-corrected chi connectivity index (χ4v) is 2.62. The first kappa shape index (κ1) is 20.1. The Morgan fingerprint density at radius 3 is 2.62 bits per heavy atom. The Bertz CT molecular complexity index is 828. The van der Waals surface area contributed by atoms with Crippen LogP contribution in [-0.2, 0) is 11.3 Å². The van der Waals surface area contributed by atoms with Gasteiger partial charge in [-0.25, -0.2) is 4.39 Å². The zero-order valence-electron chi connectivity index (χ0n) is 14.0. The predicted molar refractivity (Wildman–Crippen MR) is 99.1 cm³/mol. The number of hydrogen-bond acceptors (Lipinski definition) is 4. The van der Waals surface area contributed by atoms with E-state index in [0.29, 0.717) is 0 Å². The second-order valence-electron chi connectivity index (χ2n) is 5.70. The van der Waals surface area contributed by atoms with Crippen LogP contribution in [0.1, 0.15) is 12.5 Å². The number of halogens is 3. The van der Waals surface area contributed by atoms with Gasteiger partial charge in [0.2, 0.25) is 5.91 Å². The molecule has 0 aliphatic heterocycles. The summed E-state index contributed by atoms with van der Waals surface area (Å²) in [6.45, 7) is 1.73. The molecule has 0 aliphatic carbocycles. The van der Waals surface area contributed by atoms with E-state index in [4.69, 9.17) is 23.2 Å². The molecule has 0 spiro atoms. The van der Waals surface area contributed by atoms with E-state index >= 15 is 0 Å². The van der Waals surface area contributed by atoms with E-state index in [1.165, 1.54) is 30.3 Å². The van der Waals surface area contributed by atoms with Gasteiger partial charge in [0.1, 0.15) is 5.82 Å². The summed E-state index contributed by atoms with van der Waals surface area (Å²) in [6, 6.07) is 7.46. The summed E-state index contributed by atoms with van der Waals surface area (Å²) in [6.07, 6.45) is 0. The van der Waals surface area contributed by atoms with Crippen LogP contribution in [0.5, 0.6) is 0 Å². The Labute approximate surface area is 159 Å². The minimum absolute atomic E-state index is 0.114. The van der Waals surface area contributed by atoms with E-state index in [9.17, 15) is 19.3 Å². The molecule has 2 rings (SSSR count). The first-order chi connectivity index (χ1) is 12.2. The Kier molecular flexibility index (Phi) is 6.52. The van der Waals surface area contributed by atoms with Crippen LogP contribution in [0.4, 0.5) is 15.8 Å². The Hall–Kier alpha value is -2.22. The molecule has 0 aliphatic rings. The van der Waals surface area contributed by atoms with Gasteiger partial charge in [-0.15, -0.1) is 0 Å². The highest BCUT2D eigenvalue weighted by molar-refractivity contribution is 6.33. The number of rotatable bonds is 6. The van der Waals surface area contributed by atoms with Gasteiger partial charge in [-0.2, -0.15) is 0 Å². The van der Waals surface area contributed by atoms with Gasteiger partial charge in [-0.1, -0.05) is 29.3 Å². The molecule has 0 fully saturated rings. The molecule has 9 heteroatoms. The van der Waals surface area contributed by atoms with Gasteiger partial charge < -0.3 is 5.32 Å². The molecule has 138 valence electrons. The number of nitro benzene ring substituents is 1. The highest BCUT2D eigenvalue weighted by atomic mass is 35.5. The number of nitrogens with zero attached hydrogens (tertiary/aromatic N) is 2. The van der Waals surface area contributed by atoms with E-state index in [1.54, 1.807) is 24.9 Å². The standard InChI is InChI=1S/C17H16Cl2FN3O3/c1-10(22(2)9-12-13(18)4-3-5-15(12)20)17(24)21-16-8-11(23(25)26)6-7-14(16)19/h3-8,10H,9H2,1-2H3,(H,21,24). The maximum Gasteiger partial charge on any atom is 0.271 e. The largest absolute Gasteiger partial charge is 0.323 e. The Morgan fingerprint density at radius 2 is 2.00 bits per heavy atom. The number of amides is 1. The van der Waals surface area contributed by atoms with E-state index in [2.05, 4.69) is 5.32 Å². The van der Waals surface area contributed by atoms with Crippen LogP contribution in [0.2, 0.25) is 10.0 Å². The molecular formula is C17H16Cl2FN3O3. The van der Waals surface area contributed by atoms with Crippen molar-refractivity contribution in [3.63, 3.8) is 0 Å². The lowest BCUT2D eigenvalue weighted by molar-refractivity contribution is -0.384. The SMILES string of the molecule is CC(C(=O)Nc1cc([N+](=O)[O-])ccc1Cl)N(C)Cc1c(F)cccc1Cl. The maximum absolute atomic E-state index is 13.9. The molecule has 0 bridgehead atoms. The summed E-state index contributed by atoms with van der Waals surface area (Å²) < 4.78 is 13.9. The van der Waals surface area contributed by atoms with Gasteiger partial charge in [-0.3, -0.25) is 19.8 Å². The molecule has 6 nitrogen and oxygen atoms in total. The zero-order chi connectivity index (χ0) is 19.4. The molecule has 0 saturated carbocycles. The highest BCUT2D eigenvalue weighted by Gasteiger charge is 2.22. The molecule has 1 amide bonds. The number of carbonyl (C=O) groups excluding carboxylic acids is 1. The minimum Gasteiger partial charge on any atom is -0.323 e. The lowest BCUT2D eigenvalue weighted by Gasteiger charge is -2.24. The fraction of sp³-hybridized carbons (Fsp3) is 0.235. The summed E-state index contributed by atoms with van der Waals surface area (Å²) in [5.41, 5.74) is 0.226. The zero-order valence-corrected chi connectivity index (χ0v) is 15.5. The van der Waals surface area contributed by atoms with Crippen molar-refractivity contribution in [2.24, 2.45) is 0 Å². The van der Waals surface area contributed by atoms with Crippen molar-refractivity contribution in [2.75, 3.05) is 12.4 Å². The van der Waals surface area contributed by atoms with E-state index < -0.39 is 22.7 Å². The third kappa shape index (κ3) is 4.69. The van der Waals surface area contributed by atoms with Crippen LogP contribution in [0, 0.1) is 15.9 Å². The third-order valence-electron chi connectivity index (χ3n) is 3.93.